The number of ether oxygens (including phenoxy) is 3. The molecule has 2 rings (SSSR count). The second-order valence-electron chi connectivity index (χ2n) is 3.51. The molecule has 0 radical (unpaired) electrons. The van der Waals surface area contributed by atoms with Gasteiger partial charge in [-0.3, -0.25) is 0 Å². The molecule has 0 N–H and O–H groups in total. The first-order valence-corrected chi connectivity index (χ1v) is 5.31. The summed E-state index contributed by atoms with van der Waals surface area (Å²) >= 11 is 0. The quantitative estimate of drug-likeness (QED) is 0.561. The Morgan fingerprint density at radius 1 is 1.56 bits per heavy atom. The van der Waals surface area contributed by atoms with E-state index in [9.17, 15) is 4.79 Å². The minimum atomic E-state index is -0.323. The van der Waals surface area contributed by atoms with Crippen molar-refractivity contribution >= 4 is 5.97 Å². The molecule has 1 saturated heterocycles. The molecule has 1 heterocycles. The zero-order valence-electron chi connectivity index (χ0n) is 9.14. The number of carbonyl (C=O) groups excluding carboxylic acids is 1. The Morgan fingerprint density at radius 2 is 2.38 bits per heavy atom. The van der Waals surface area contributed by atoms with Gasteiger partial charge >= 0.3 is 5.97 Å². The summed E-state index contributed by atoms with van der Waals surface area (Å²) in [5, 5.41) is 0. The molecule has 0 saturated carbocycles. The van der Waals surface area contributed by atoms with Gasteiger partial charge in [-0.2, -0.15) is 0 Å². The Balaban J connectivity index is 1.97. The molecule has 1 aliphatic rings. The standard InChI is InChI=1S/C12H14O4/c1-2-14-12(13)9-4-3-5-10(6-9)15-7-11-8-16-11/h3-6,11H,2,7-8H2,1H3/t11-/m1/s1. The van der Waals surface area contributed by atoms with Crippen LogP contribution in [-0.4, -0.2) is 31.9 Å². The van der Waals surface area contributed by atoms with Gasteiger partial charge in [-0.15, -0.1) is 0 Å². The number of benzene rings is 1. The fourth-order valence-corrected chi connectivity index (χ4v) is 1.28. The molecule has 4 nitrogen and oxygen atoms in total. The Morgan fingerprint density at radius 3 is 3.06 bits per heavy atom. The zero-order chi connectivity index (χ0) is 11.4. The Kier molecular flexibility index (Phi) is 3.41. The van der Waals surface area contributed by atoms with E-state index in [1.807, 2.05) is 6.07 Å². The van der Waals surface area contributed by atoms with Crippen LogP contribution in [0.5, 0.6) is 5.75 Å². The third-order valence-corrected chi connectivity index (χ3v) is 2.18. The maximum atomic E-state index is 11.4. The van der Waals surface area contributed by atoms with E-state index in [2.05, 4.69) is 0 Å². The van der Waals surface area contributed by atoms with Gasteiger partial charge in [-0.05, 0) is 25.1 Å². The molecule has 86 valence electrons. The molecule has 16 heavy (non-hydrogen) atoms. The van der Waals surface area contributed by atoms with Gasteiger partial charge in [0.25, 0.3) is 0 Å². The second kappa shape index (κ2) is 4.99. The van der Waals surface area contributed by atoms with Crippen molar-refractivity contribution in [2.24, 2.45) is 0 Å². The van der Waals surface area contributed by atoms with E-state index in [0.717, 1.165) is 6.61 Å². The van der Waals surface area contributed by atoms with Gasteiger partial charge in [0, 0.05) is 0 Å². The van der Waals surface area contributed by atoms with Crippen molar-refractivity contribution in [3.05, 3.63) is 29.8 Å². The molecular weight excluding hydrogens is 208 g/mol. The topological polar surface area (TPSA) is 48.1 Å². The van der Waals surface area contributed by atoms with Crippen molar-refractivity contribution in [3.63, 3.8) is 0 Å². The maximum absolute atomic E-state index is 11.4. The van der Waals surface area contributed by atoms with E-state index in [1.54, 1.807) is 25.1 Å². The number of rotatable bonds is 5. The summed E-state index contributed by atoms with van der Waals surface area (Å²) in [5.41, 5.74) is 0.510. The number of hydrogen-bond donors (Lipinski definition) is 0. The Hall–Kier alpha value is -1.55. The average Bonchev–Trinajstić information content (AvgIpc) is 3.11. The number of carbonyl (C=O) groups is 1. The van der Waals surface area contributed by atoms with Gasteiger partial charge in [0.2, 0.25) is 0 Å². The lowest BCUT2D eigenvalue weighted by atomic mass is 10.2. The summed E-state index contributed by atoms with van der Waals surface area (Å²) in [6.45, 7) is 3.45. The fourth-order valence-electron chi connectivity index (χ4n) is 1.28. The number of esters is 1. The van der Waals surface area contributed by atoms with Crippen LogP contribution in [0.3, 0.4) is 0 Å². The fraction of sp³-hybridized carbons (Fsp3) is 0.417. The molecular formula is C12H14O4. The van der Waals surface area contributed by atoms with Crippen LogP contribution >= 0.6 is 0 Å². The van der Waals surface area contributed by atoms with Crippen LogP contribution in [0.2, 0.25) is 0 Å². The summed E-state index contributed by atoms with van der Waals surface area (Å²) in [6, 6.07) is 6.97. The predicted octanol–water partition coefficient (Wildman–Crippen LogP) is 1.64. The predicted molar refractivity (Wildman–Crippen MR) is 57.6 cm³/mol. The lowest BCUT2D eigenvalue weighted by molar-refractivity contribution is 0.0526. The molecule has 0 unspecified atom stereocenters. The molecule has 0 spiro atoms. The summed E-state index contributed by atoms with van der Waals surface area (Å²) < 4.78 is 15.4. The minimum Gasteiger partial charge on any atom is -0.491 e. The molecule has 1 aliphatic heterocycles. The lowest BCUT2D eigenvalue weighted by Gasteiger charge is -2.06. The number of hydrogen-bond acceptors (Lipinski definition) is 4. The van der Waals surface area contributed by atoms with E-state index >= 15 is 0 Å². The molecule has 1 atom stereocenters. The molecule has 4 heteroatoms. The minimum absolute atomic E-state index is 0.214. The van der Waals surface area contributed by atoms with Gasteiger partial charge in [0.1, 0.15) is 18.5 Å². The third-order valence-electron chi connectivity index (χ3n) is 2.18. The van der Waals surface area contributed by atoms with Crippen molar-refractivity contribution in [1.29, 1.82) is 0 Å². The Labute approximate surface area is 94.1 Å². The van der Waals surface area contributed by atoms with Crippen molar-refractivity contribution in [2.45, 2.75) is 13.0 Å². The molecule has 1 aromatic rings. The summed E-state index contributed by atoms with van der Waals surface area (Å²) in [5.74, 6) is 0.344. The van der Waals surface area contributed by atoms with E-state index in [1.165, 1.54) is 0 Å². The maximum Gasteiger partial charge on any atom is 0.338 e. The normalized spacial score (nSPS) is 17.9. The SMILES string of the molecule is CCOC(=O)c1cccc(OC[C@@H]2CO2)c1. The largest absolute Gasteiger partial charge is 0.491 e. The average molecular weight is 222 g/mol. The smallest absolute Gasteiger partial charge is 0.338 e. The van der Waals surface area contributed by atoms with Crippen LogP contribution in [0, 0.1) is 0 Å². The van der Waals surface area contributed by atoms with Gasteiger partial charge in [-0.1, -0.05) is 6.07 Å². The van der Waals surface area contributed by atoms with Crippen LogP contribution in [0.25, 0.3) is 0 Å². The van der Waals surface area contributed by atoms with Crippen LogP contribution < -0.4 is 4.74 Å². The molecule has 1 aromatic carbocycles. The van der Waals surface area contributed by atoms with E-state index in [0.29, 0.717) is 24.5 Å². The van der Waals surface area contributed by atoms with Crippen LogP contribution in [0.15, 0.2) is 24.3 Å². The third kappa shape index (κ3) is 2.97. The van der Waals surface area contributed by atoms with Crippen LogP contribution in [-0.2, 0) is 9.47 Å². The zero-order valence-corrected chi connectivity index (χ0v) is 9.14. The summed E-state index contributed by atoms with van der Waals surface area (Å²) in [6.07, 6.45) is 0.214. The van der Waals surface area contributed by atoms with E-state index < -0.39 is 0 Å². The first-order valence-electron chi connectivity index (χ1n) is 5.31. The van der Waals surface area contributed by atoms with Crippen LogP contribution in [0.1, 0.15) is 17.3 Å². The Bertz CT molecular complexity index is 371. The molecule has 0 aliphatic carbocycles. The highest BCUT2D eigenvalue weighted by Gasteiger charge is 2.23. The van der Waals surface area contributed by atoms with E-state index in [-0.39, 0.29) is 12.1 Å². The highest BCUT2D eigenvalue weighted by Crippen LogP contribution is 2.17. The van der Waals surface area contributed by atoms with Crippen molar-refractivity contribution in [1.82, 2.24) is 0 Å². The van der Waals surface area contributed by atoms with Crippen molar-refractivity contribution in [2.75, 3.05) is 19.8 Å². The first kappa shape index (κ1) is 11.0. The number of epoxide rings is 1. The highest BCUT2D eigenvalue weighted by atomic mass is 16.6. The van der Waals surface area contributed by atoms with Gasteiger partial charge < -0.3 is 14.2 Å². The van der Waals surface area contributed by atoms with Gasteiger partial charge in [-0.25, -0.2) is 4.79 Å². The second-order valence-corrected chi connectivity index (χ2v) is 3.51. The molecule has 0 bridgehead atoms. The summed E-state index contributed by atoms with van der Waals surface area (Å²) in [4.78, 5) is 11.4. The first-order chi connectivity index (χ1) is 7.79. The molecule has 0 amide bonds. The van der Waals surface area contributed by atoms with Crippen LogP contribution in [0.4, 0.5) is 0 Å². The molecule has 0 aromatic heterocycles. The monoisotopic (exact) mass is 222 g/mol. The van der Waals surface area contributed by atoms with E-state index in [4.69, 9.17) is 14.2 Å². The van der Waals surface area contributed by atoms with Gasteiger partial charge in [0.15, 0.2) is 0 Å². The van der Waals surface area contributed by atoms with Gasteiger partial charge in [0.05, 0.1) is 18.8 Å². The molecule has 1 fully saturated rings. The van der Waals surface area contributed by atoms with Crippen molar-refractivity contribution in [3.8, 4) is 5.75 Å². The highest BCUT2D eigenvalue weighted by molar-refractivity contribution is 5.89. The van der Waals surface area contributed by atoms with Crippen molar-refractivity contribution < 1.29 is 19.0 Å². The lowest BCUT2D eigenvalue weighted by Crippen LogP contribution is -2.07. The summed E-state index contributed by atoms with van der Waals surface area (Å²) in [7, 11) is 0.